The van der Waals surface area contributed by atoms with Crippen molar-refractivity contribution in [3.8, 4) is 11.5 Å². The summed E-state index contributed by atoms with van der Waals surface area (Å²) in [6.07, 6.45) is -12.1. The van der Waals surface area contributed by atoms with Crippen molar-refractivity contribution in [2.45, 2.75) is 17.8 Å². The zero-order valence-electron chi connectivity index (χ0n) is 19.6. The minimum atomic E-state index is -6.03. The van der Waals surface area contributed by atoms with Gasteiger partial charge in [-0.05, 0) is 35.4 Å². The monoisotopic (exact) mass is 550 g/mol. The lowest BCUT2D eigenvalue weighted by Gasteiger charge is -2.39. The van der Waals surface area contributed by atoms with Crippen LogP contribution in [-0.2, 0) is 29.2 Å². The lowest BCUT2D eigenvalue weighted by Crippen LogP contribution is -2.54. The van der Waals surface area contributed by atoms with E-state index in [2.05, 4.69) is 9.47 Å². The summed E-state index contributed by atoms with van der Waals surface area (Å²) in [6.45, 7) is -1.17. The van der Waals surface area contributed by atoms with E-state index in [1.807, 2.05) is 0 Å². The van der Waals surface area contributed by atoms with Crippen LogP contribution in [0.1, 0.15) is 11.1 Å². The van der Waals surface area contributed by atoms with E-state index in [-0.39, 0.29) is 0 Å². The van der Waals surface area contributed by atoms with Crippen LogP contribution in [0.2, 0.25) is 0 Å². The van der Waals surface area contributed by atoms with Gasteiger partial charge in [0.25, 0.3) is 0 Å². The lowest BCUT2D eigenvalue weighted by atomic mass is 9.72. The third-order valence-corrected chi connectivity index (χ3v) is 5.84. The van der Waals surface area contributed by atoms with Crippen LogP contribution in [0.25, 0.3) is 0 Å². The number of ether oxygens (including phenoxy) is 3. The summed E-state index contributed by atoms with van der Waals surface area (Å²) >= 11 is 0. The second-order valence-electron chi connectivity index (χ2n) is 7.94. The number of alkyl halides is 6. The highest BCUT2D eigenvalue weighted by molar-refractivity contribution is 6.03. The molecule has 0 aromatic heterocycles. The predicted octanol–water partition coefficient (Wildman–Crippen LogP) is 3.48. The Morgan fingerprint density at radius 3 is 1.92 bits per heavy atom. The fourth-order valence-electron chi connectivity index (χ4n) is 4.08. The predicted molar refractivity (Wildman–Crippen MR) is 118 cm³/mol. The van der Waals surface area contributed by atoms with Crippen LogP contribution in [0.4, 0.5) is 37.7 Å². The molecule has 0 spiro atoms. The van der Waals surface area contributed by atoms with Crippen LogP contribution in [0, 0.1) is 0 Å². The molecule has 0 unspecified atom stereocenters. The molecule has 1 aliphatic rings. The lowest BCUT2D eigenvalue weighted by molar-refractivity contribution is -0.288. The summed E-state index contributed by atoms with van der Waals surface area (Å²) in [7, 11) is 1.88. The molecule has 0 saturated carbocycles. The summed E-state index contributed by atoms with van der Waals surface area (Å²) in [5.41, 5.74) is -4.66. The van der Waals surface area contributed by atoms with E-state index in [1.165, 1.54) is 0 Å². The first-order chi connectivity index (χ1) is 17.6. The summed E-state index contributed by atoms with van der Waals surface area (Å²) in [4.78, 5) is 25.4. The number of carbonyl (C=O) groups excluding carboxylic acids is 2. The smallest absolute Gasteiger partial charge is 0.411 e. The van der Waals surface area contributed by atoms with Crippen LogP contribution in [0.15, 0.2) is 47.7 Å². The molecular formula is C23H20F6N2O7. The summed E-state index contributed by atoms with van der Waals surface area (Å²) in [5.74, 6) is -3.90. The Kier molecular flexibility index (Phi) is 7.45. The molecule has 206 valence electrons. The van der Waals surface area contributed by atoms with Crippen LogP contribution in [0.5, 0.6) is 11.5 Å². The van der Waals surface area contributed by atoms with Gasteiger partial charge < -0.3 is 35.1 Å². The Labute approximate surface area is 210 Å². The minimum Gasteiger partial charge on any atom is -0.506 e. The molecule has 1 heterocycles. The summed E-state index contributed by atoms with van der Waals surface area (Å²) < 4.78 is 102. The van der Waals surface area contributed by atoms with Crippen molar-refractivity contribution in [3.05, 3.63) is 58.8 Å². The normalized spacial score (nSPS) is 14.9. The van der Waals surface area contributed by atoms with Crippen LogP contribution in [-0.4, -0.2) is 62.1 Å². The number of halogens is 6. The van der Waals surface area contributed by atoms with Gasteiger partial charge in [-0.3, -0.25) is 0 Å². The van der Waals surface area contributed by atoms with Crippen LogP contribution < -0.4 is 10.6 Å². The molecular weight excluding hydrogens is 530 g/mol. The molecule has 9 nitrogen and oxygen atoms in total. The maximum Gasteiger partial charge on any atom is 0.411 e. The first-order valence-electron chi connectivity index (χ1n) is 10.4. The number of carbonyl (C=O) groups is 2. The SMILES string of the molecule is COC(=O)C1=C(C(=O)OC)N(c2cc(C(c3ccc(O)c(N)c3)(C(F)(F)F)C(F)(F)F)ccc2O)COC1. The summed E-state index contributed by atoms with van der Waals surface area (Å²) in [5, 5.41) is 20.1. The molecule has 0 saturated heterocycles. The number of rotatable bonds is 5. The van der Waals surface area contributed by atoms with Crippen molar-refractivity contribution in [1.29, 1.82) is 0 Å². The second-order valence-corrected chi connectivity index (χ2v) is 7.94. The highest BCUT2D eigenvalue weighted by atomic mass is 19.4. The molecule has 2 aromatic carbocycles. The van der Waals surface area contributed by atoms with E-state index >= 15 is 0 Å². The van der Waals surface area contributed by atoms with Gasteiger partial charge in [-0.25, -0.2) is 9.59 Å². The Balaban J connectivity index is 2.39. The average Bonchev–Trinajstić information content (AvgIpc) is 2.84. The van der Waals surface area contributed by atoms with Crippen molar-refractivity contribution >= 4 is 23.3 Å². The molecule has 38 heavy (non-hydrogen) atoms. The van der Waals surface area contributed by atoms with Crippen molar-refractivity contribution in [2.75, 3.05) is 38.2 Å². The Morgan fingerprint density at radius 1 is 0.895 bits per heavy atom. The van der Waals surface area contributed by atoms with Crippen molar-refractivity contribution < 1.29 is 60.4 Å². The van der Waals surface area contributed by atoms with Crippen molar-refractivity contribution in [1.82, 2.24) is 0 Å². The highest BCUT2D eigenvalue weighted by Crippen LogP contribution is 2.57. The van der Waals surface area contributed by atoms with Gasteiger partial charge in [-0.2, -0.15) is 26.3 Å². The number of aromatic hydroxyl groups is 2. The number of esters is 2. The number of nitrogen functional groups attached to an aromatic ring is 1. The quantitative estimate of drug-likeness (QED) is 0.222. The number of nitrogens with two attached hydrogens (primary N) is 1. The van der Waals surface area contributed by atoms with Gasteiger partial charge in [0.15, 0.2) is 0 Å². The van der Waals surface area contributed by atoms with E-state index in [0.717, 1.165) is 14.2 Å². The largest absolute Gasteiger partial charge is 0.506 e. The van der Waals surface area contributed by atoms with Crippen molar-refractivity contribution in [3.63, 3.8) is 0 Å². The van der Waals surface area contributed by atoms with Gasteiger partial charge in [0.2, 0.25) is 5.41 Å². The summed E-state index contributed by atoms with van der Waals surface area (Å²) in [6, 6.07) is 2.64. The van der Waals surface area contributed by atoms with E-state index in [0.29, 0.717) is 41.3 Å². The Hall–Kier alpha value is -4.14. The highest BCUT2D eigenvalue weighted by Gasteiger charge is 2.72. The molecule has 0 atom stereocenters. The number of hydrogen-bond acceptors (Lipinski definition) is 9. The number of methoxy groups -OCH3 is 2. The van der Waals surface area contributed by atoms with E-state index in [1.54, 1.807) is 0 Å². The first-order valence-corrected chi connectivity index (χ1v) is 10.4. The molecule has 0 aliphatic carbocycles. The molecule has 0 radical (unpaired) electrons. The fourth-order valence-corrected chi connectivity index (χ4v) is 4.08. The maximum atomic E-state index is 14.6. The average molecular weight is 550 g/mol. The van der Waals surface area contributed by atoms with Gasteiger partial charge in [0, 0.05) is 0 Å². The number of nitrogens with zero attached hydrogens (tertiary/aromatic N) is 1. The van der Waals surface area contributed by atoms with Crippen LogP contribution in [0.3, 0.4) is 0 Å². The van der Waals surface area contributed by atoms with Crippen LogP contribution >= 0.6 is 0 Å². The number of phenolic OH excluding ortho intramolecular Hbond substituents is 2. The molecule has 2 aromatic rings. The first kappa shape index (κ1) is 28.4. The standard InChI is InChI=1S/C23H20F6N2O7/c1-36-19(34)13-9-38-10-31(18(13)20(35)37-2)15-8-12(4-6-17(15)33)21(22(24,25)26,23(27,28)29)11-3-5-16(32)14(30)7-11/h3-8,32-33H,9-10,30H2,1-2H3. The van der Waals surface area contributed by atoms with Gasteiger partial charge in [-0.15, -0.1) is 0 Å². The van der Waals surface area contributed by atoms with Gasteiger partial charge >= 0.3 is 24.3 Å². The maximum absolute atomic E-state index is 14.6. The number of phenols is 2. The Bertz CT molecular complexity index is 1280. The van der Waals surface area contributed by atoms with Crippen molar-refractivity contribution in [2.24, 2.45) is 0 Å². The zero-order valence-corrected chi connectivity index (χ0v) is 19.6. The topological polar surface area (TPSA) is 132 Å². The number of anilines is 2. The third kappa shape index (κ3) is 4.53. The van der Waals surface area contributed by atoms with Gasteiger partial charge in [0.1, 0.15) is 23.9 Å². The van der Waals surface area contributed by atoms with E-state index < -0.39 is 88.3 Å². The molecule has 1 aliphatic heterocycles. The van der Waals surface area contributed by atoms with Gasteiger partial charge in [0.05, 0.1) is 37.8 Å². The Morgan fingerprint density at radius 2 is 1.42 bits per heavy atom. The second kappa shape index (κ2) is 9.96. The zero-order chi connectivity index (χ0) is 28.6. The number of hydrogen-bond donors (Lipinski definition) is 3. The van der Waals surface area contributed by atoms with E-state index in [4.69, 9.17) is 10.5 Å². The molecule has 15 heteroatoms. The molecule has 3 rings (SSSR count). The third-order valence-electron chi connectivity index (χ3n) is 5.84. The minimum absolute atomic E-state index is 0.335. The molecule has 4 N–H and O–H groups in total. The fraction of sp³-hybridized carbons (Fsp3) is 0.304. The van der Waals surface area contributed by atoms with E-state index in [9.17, 15) is 46.1 Å². The molecule has 0 fully saturated rings. The molecule has 0 amide bonds. The number of benzene rings is 2. The van der Waals surface area contributed by atoms with Gasteiger partial charge in [-0.1, -0.05) is 12.1 Å². The molecule has 0 bridgehead atoms.